The molecule has 0 aromatic heterocycles. The van der Waals surface area contributed by atoms with Crippen LogP contribution in [-0.4, -0.2) is 31.6 Å². The average Bonchev–Trinajstić information content (AvgIpc) is 2.66. The van der Waals surface area contributed by atoms with Gasteiger partial charge in [0.25, 0.3) is 0 Å². The number of unbranched alkanes of at least 4 members (excludes halogenated alkanes) is 11. The predicted molar refractivity (Wildman–Crippen MR) is 107 cm³/mol. The zero-order valence-electron chi connectivity index (χ0n) is 17.5. The Balaban J connectivity index is 0.00000185. The van der Waals surface area contributed by atoms with Crippen molar-refractivity contribution in [3.8, 4) is 0 Å². The molecule has 2 bridgehead atoms. The van der Waals surface area contributed by atoms with Crippen LogP contribution in [0.25, 0.3) is 0 Å². The Kier molecular flexibility index (Phi) is 16.5. The maximum atomic E-state index is 3.25. The van der Waals surface area contributed by atoms with Crippen molar-refractivity contribution >= 4 is 0 Å². The number of rotatable bonds is 13. The molecule has 3 heteroatoms. The third-order valence-corrected chi connectivity index (χ3v) is 6.44. The molecule has 25 heavy (non-hydrogen) atoms. The Morgan fingerprint density at radius 1 is 0.640 bits per heavy atom. The van der Waals surface area contributed by atoms with Gasteiger partial charge >= 0.3 is 0 Å². The van der Waals surface area contributed by atoms with Gasteiger partial charge in [-0.3, -0.25) is 0 Å². The molecule has 0 aromatic rings. The van der Waals surface area contributed by atoms with Gasteiger partial charge in [0.05, 0.1) is 7.05 Å². The molecule has 3 N–H and O–H groups in total. The van der Waals surface area contributed by atoms with Gasteiger partial charge in [0.15, 0.2) is 0 Å². The molecule has 0 spiro atoms. The van der Waals surface area contributed by atoms with Crippen LogP contribution >= 0.6 is 0 Å². The van der Waals surface area contributed by atoms with Gasteiger partial charge < -0.3 is 23.0 Å². The molecule has 3 aliphatic rings. The van der Waals surface area contributed by atoms with Crippen molar-refractivity contribution < 1.29 is 18.1 Å². The minimum atomic E-state index is 0. The van der Waals surface area contributed by atoms with Crippen LogP contribution in [0.5, 0.6) is 0 Å². The van der Waals surface area contributed by atoms with E-state index in [0.717, 1.165) is 5.41 Å². The lowest BCUT2D eigenvalue weighted by Gasteiger charge is -2.48. The smallest absolute Gasteiger partial charge is 0.0634 e. The van der Waals surface area contributed by atoms with Crippen LogP contribution in [0, 0.1) is 5.41 Å². The van der Waals surface area contributed by atoms with E-state index in [-0.39, 0.29) is 12.4 Å². The van der Waals surface area contributed by atoms with Gasteiger partial charge in [-0.2, -0.15) is 0 Å². The largest absolute Gasteiger partial charge is 1.00 e. The summed E-state index contributed by atoms with van der Waals surface area (Å²) in [5.41, 5.74) is 4.03. The van der Waals surface area contributed by atoms with E-state index < -0.39 is 0 Å². The first kappa shape index (κ1) is 25.2. The van der Waals surface area contributed by atoms with E-state index in [2.05, 4.69) is 17.6 Å². The molecule has 0 saturated carbocycles. The first-order valence-electron chi connectivity index (χ1n) is 11.3. The summed E-state index contributed by atoms with van der Waals surface area (Å²) in [7, 11) is 1.75. The molecule has 3 saturated heterocycles. The second-order valence-corrected chi connectivity index (χ2v) is 8.23. The molecular weight excluding hydrogens is 328 g/mol. The fourth-order valence-electron chi connectivity index (χ4n) is 4.61. The fraction of sp³-hybridized carbons (Fsp3) is 1.00. The Labute approximate surface area is 165 Å². The van der Waals surface area contributed by atoms with Crippen LogP contribution in [0.3, 0.4) is 0 Å². The van der Waals surface area contributed by atoms with E-state index in [9.17, 15) is 0 Å². The Morgan fingerprint density at radius 2 is 1.00 bits per heavy atom. The van der Waals surface area contributed by atoms with Crippen molar-refractivity contribution in [2.24, 2.45) is 5.41 Å². The highest BCUT2D eigenvalue weighted by atomic mass is 35.5. The fourth-order valence-corrected chi connectivity index (χ4v) is 4.61. The second kappa shape index (κ2) is 16.4. The molecule has 152 valence electrons. The molecule has 0 aliphatic carbocycles. The normalized spacial score (nSPS) is 24.4. The van der Waals surface area contributed by atoms with Crippen molar-refractivity contribution in [2.75, 3.05) is 26.7 Å². The second-order valence-electron chi connectivity index (χ2n) is 8.23. The highest BCUT2D eigenvalue weighted by Crippen LogP contribution is 2.43. The molecule has 3 rings (SSSR count). The maximum absolute atomic E-state index is 3.25. The third-order valence-electron chi connectivity index (χ3n) is 6.44. The van der Waals surface area contributed by atoms with Gasteiger partial charge in [-0.25, -0.2) is 0 Å². The van der Waals surface area contributed by atoms with E-state index in [1.54, 1.807) is 7.05 Å². The van der Waals surface area contributed by atoms with Gasteiger partial charge in [0, 0.05) is 0 Å². The van der Waals surface area contributed by atoms with E-state index in [1.807, 2.05) is 0 Å². The third kappa shape index (κ3) is 10.8. The summed E-state index contributed by atoms with van der Waals surface area (Å²) in [6.45, 7) is 6.51. The summed E-state index contributed by atoms with van der Waals surface area (Å²) in [5, 5.41) is 0. The molecule has 0 atom stereocenters. The summed E-state index contributed by atoms with van der Waals surface area (Å²) in [4.78, 5) is 2.67. The van der Waals surface area contributed by atoms with E-state index in [1.165, 1.54) is 122 Å². The topological polar surface area (TPSA) is 30.9 Å². The molecule has 0 unspecified atom stereocenters. The summed E-state index contributed by atoms with van der Waals surface area (Å²) in [6.07, 6.45) is 23.8. The molecule has 3 heterocycles. The van der Waals surface area contributed by atoms with Gasteiger partial charge in [-0.15, -0.1) is 0 Å². The van der Waals surface area contributed by atoms with Crippen LogP contribution in [0.1, 0.15) is 110 Å². The van der Waals surface area contributed by atoms with Crippen molar-refractivity contribution in [1.82, 2.24) is 4.90 Å². The highest BCUT2D eigenvalue weighted by molar-refractivity contribution is 4.91. The van der Waals surface area contributed by atoms with E-state index >= 15 is 0 Å². The Bertz CT molecular complexity index is 261. The number of quaternary nitrogens is 1. The van der Waals surface area contributed by atoms with Gasteiger partial charge in [0.1, 0.15) is 0 Å². The lowest BCUT2D eigenvalue weighted by atomic mass is 9.69. The molecule has 0 radical (unpaired) electrons. The lowest BCUT2D eigenvalue weighted by molar-refractivity contribution is -0.325. The zero-order chi connectivity index (χ0) is 17.5. The van der Waals surface area contributed by atoms with Gasteiger partial charge in [-0.1, -0.05) is 84.0 Å². The monoisotopic (exact) mass is 374 g/mol. The van der Waals surface area contributed by atoms with Gasteiger partial charge in [0.2, 0.25) is 0 Å². The van der Waals surface area contributed by atoms with Crippen LogP contribution in [-0.2, 0) is 0 Å². The highest BCUT2D eigenvalue weighted by Gasteiger charge is 2.38. The predicted octanol–water partition coefficient (Wildman–Crippen LogP) is 2.43. The standard InChI is InChI=1S/C21H41N.CH5N.ClH/c1-2-3-4-5-6-7-8-9-10-11-12-13-14-21-15-18-22(19-16-21)20-17-21;1-2;/h2-20H2,1H3;2H2,1H3;1H. The zero-order valence-corrected chi connectivity index (χ0v) is 18.2. The quantitative estimate of drug-likeness (QED) is 0.493. The number of halogens is 1. The van der Waals surface area contributed by atoms with Crippen LogP contribution in [0.2, 0.25) is 0 Å². The number of hydrogen-bond acceptors (Lipinski definition) is 1. The Hall–Kier alpha value is 0.210. The first-order valence-corrected chi connectivity index (χ1v) is 11.3. The van der Waals surface area contributed by atoms with Crippen LogP contribution < -0.4 is 18.1 Å². The molecule has 3 aliphatic heterocycles. The van der Waals surface area contributed by atoms with E-state index in [4.69, 9.17) is 0 Å². The Morgan fingerprint density at radius 3 is 1.40 bits per heavy atom. The number of hydrogen-bond donors (Lipinski definition) is 1. The SMILES string of the molecule is CCCCCCCCCCCCCCC12CCN(CC1)CC2.C[NH3+].[Cl-]. The molecular formula is C22H47ClN2. The number of fused-ring (bicyclic) bond motifs is 3. The summed E-state index contributed by atoms with van der Waals surface area (Å²) >= 11 is 0. The molecule has 0 amide bonds. The van der Waals surface area contributed by atoms with Crippen LogP contribution in [0.15, 0.2) is 0 Å². The van der Waals surface area contributed by atoms with Gasteiger partial charge in [-0.05, 0) is 50.7 Å². The van der Waals surface area contributed by atoms with Crippen molar-refractivity contribution in [3.05, 3.63) is 0 Å². The maximum Gasteiger partial charge on any atom is 0.0634 e. The van der Waals surface area contributed by atoms with Crippen molar-refractivity contribution in [1.29, 1.82) is 0 Å². The summed E-state index contributed by atoms with van der Waals surface area (Å²) < 4.78 is 0. The molecule has 0 aromatic carbocycles. The minimum Gasteiger partial charge on any atom is -1.00 e. The number of piperidine rings is 3. The summed E-state index contributed by atoms with van der Waals surface area (Å²) in [6, 6.07) is 0. The van der Waals surface area contributed by atoms with Crippen LogP contribution in [0.4, 0.5) is 0 Å². The lowest BCUT2D eigenvalue weighted by Crippen LogP contribution is -3.00. The molecule has 2 nitrogen and oxygen atoms in total. The molecule has 3 fully saturated rings. The minimum absolute atomic E-state index is 0. The van der Waals surface area contributed by atoms with Crippen molar-refractivity contribution in [3.63, 3.8) is 0 Å². The first-order chi connectivity index (χ1) is 11.8. The summed E-state index contributed by atoms with van der Waals surface area (Å²) in [5.74, 6) is 0. The van der Waals surface area contributed by atoms with Crippen molar-refractivity contribution in [2.45, 2.75) is 110 Å². The number of nitrogens with zero attached hydrogens (tertiary/aromatic N) is 1. The van der Waals surface area contributed by atoms with E-state index in [0.29, 0.717) is 0 Å². The average molecular weight is 375 g/mol.